The lowest BCUT2D eigenvalue weighted by Gasteiger charge is -2.10. The van der Waals surface area contributed by atoms with Crippen LogP contribution in [0.5, 0.6) is 0 Å². The molecule has 0 aliphatic carbocycles. The van der Waals surface area contributed by atoms with Gasteiger partial charge in [0.15, 0.2) is 1.41 Å². The Kier molecular flexibility index (Phi) is 0.856. The molecular weight excluding hydrogens is 94.0 g/mol. The lowest BCUT2D eigenvalue weighted by molar-refractivity contribution is 0.129. The van der Waals surface area contributed by atoms with Crippen molar-refractivity contribution in [2.24, 2.45) is 0 Å². The van der Waals surface area contributed by atoms with Crippen molar-refractivity contribution in [1.82, 2.24) is 5.31 Å². The van der Waals surface area contributed by atoms with Crippen molar-refractivity contribution in [3.8, 4) is 0 Å². The van der Waals surface area contributed by atoms with Crippen molar-refractivity contribution in [2.75, 3.05) is 13.2 Å². The van der Waals surface area contributed by atoms with Gasteiger partial charge in [0.05, 0.1) is 6.61 Å². The summed E-state index contributed by atoms with van der Waals surface area (Å²) in [5, 5.41) is 0.823. The van der Waals surface area contributed by atoms with Crippen molar-refractivity contribution < 1.29 is 10.9 Å². The summed E-state index contributed by atoms with van der Waals surface area (Å²) in [5.41, 5.74) is 0. The molecule has 1 N–H and O–H groups in total. The molecule has 0 saturated carbocycles. The van der Waals surface area contributed by atoms with Gasteiger partial charge in [-0.15, -0.1) is 0 Å². The molecule has 0 radical (unpaired) electrons. The van der Waals surface area contributed by atoms with E-state index in [0.29, 0.717) is 13.2 Å². The average Bonchev–Trinajstić information content (AvgIpc) is 1.77. The fraction of sp³-hybridized carbons (Fsp3) is 0.750. The lowest BCUT2D eigenvalue weighted by Crippen LogP contribution is -2.31. The van der Waals surface area contributed by atoms with Crippen LogP contribution in [0.4, 0.5) is 4.79 Å². The summed E-state index contributed by atoms with van der Waals surface area (Å²) in [6.45, 7) is 0.965. The zero-order valence-electron chi connectivity index (χ0n) is 4.89. The standard InChI is InChI=1S/C4H7NO2/c6-4-5-2-1-3-7-4/h1-3H2,(H,5,6)/i/hD. The van der Waals surface area contributed by atoms with Gasteiger partial charge in [0, 0.05) is 6.54 Å². The summed E-state index contributed by atoms with van der Waals surface area (Å²) in [5.74, 6) is 0. The van der Waals surface area contributed by atoms with Crippen LogP contribution >= 0.6 is 0 Å². The predicted molar refractivity (Wildman–Crippen MR) is 24.0 cm³/mol. The van der Waals surface area contributed by atoms with E-state index in [-0.39, 0.29) is 0 Å². The summed E-state index contributed by atoms with van der Waals surface area (Å²) < 4.78 is 11.3. The van der Waals surface area contributed by atoms with E-state index in [2.05, 4.69) is 4.74 Å². The van der Waals surface area contributed by atoms with E-state index >= 15 is 0 Å². The first-order valence-electron chi connectivity index (χ1n) is 2.68. The highest BCUT2D eigenvalue weighted by molar-refractivity contribution is 5.67. The second kappa shape index (κ2) is 1.82. The van der Waals surface area contributed by atoms with Crippen LogP contribution in [-0.2, 0) is 4.74 Å². The van der Waals surface area contributed by atoms with Crippen molar-refractivity contribution in [3.63, 3.8) is 0 Å². The number of carbonyl (C=O) groups excluding carboxylic acids is 1. The molecule has 0 bridgehead atoms. The van der Waals surface area contributed by atoms with Crippen LogP contribution in [0, 0.1) is 0 Å². The predicted octanol–water partition coefficient (Wildman–Crippen LogP) is 0.116. The van der Waals surface area contributed by atoms with Gasteiger partial charge in [-0.05, 0) is 6.42 Å². The number of alkyl carbamates (subject to hydrolysis) is 1. The number of hydrogen-bond donors (Lipinski definition) is 1. The minimum atomic E-state index is -0.531. The highest BCUT2D eigenvalue weighted by atomic mass is 16.5. The van der Waals surface area contributed by atoms with Crippen LogP contribution in [0.3, 0.4) is 0 Å². The first kappa shape index (κ1) is 3.29. The fourth-order valence-electron chi connectivity index (χ4n) is 0.440. The normalized spacial score (nSPS) is 23.7. The molecule has 7 heavy (non-hydrogen) atoms. The Morgan fingerprint density at radius 3 is 3.29 bits per heavy atom. The summed E-state index contributed by atoms with van der Waals surface area (Å²) >= 11 is 0. The minimum Gasteiger partial charge on any atom is -0.449 e. The Labute approximate surface area is 43.1 Å². The van der Waals surface area contributed by atoms with Crippen LogP contribution in [0.2, 0.25) is 1.41 Å². The molecule has 1 aliphatic heterocycles. The quantitative estimate of drug-likeness (QED) is 0.471. The first-order chi connectivity index (χ1) is 3.80. The van der Waals surface area contributed by atoms with Gasteiger partial charge in [-0.2, -0.15) is 0 Å². The molecule has 1 heterocycles. The van der Waals surface area contributed by atoms with Crippen LogP contribution in [0.15, 0.2) is 0 Å². The SMILES string of the molecule is [2H]N1CCCOC1=O. The average molecular weight is 102 g/mol. The van der Waals surface area contributed by atoms with Gasteiger partial charge in [-0.1, -0.05) is 0 Å². The van der Waals surface area contributed by atoms with E-state index in [1.54, 1.807) is 0 Å². The second-order valence-corrected chi connectivity index (χ2v) is 1.35. The van der Waals surface area contributed by atoms with Crippen LogP contribution in [0.25, 0.3) is 0 Å². The first-order valence-corrected chi connectivity index (χ1v) is 2.24. The molecule has 40 valence electrons. The second-order valence-electron chi connectivity index (χ2n) is 1.35. The van der Waals surface area contributed by atoms with Gasteiger partial charge in [0.25, 0.3) is 0 Å². The van der Waals surface area contributed by atoms with E-state index in [1.165, 1.54) is 0 Å². The van der Waals surface area contributed by atoms with Crippen molar-refractivity contribution in [3.05, 3.63) is 0 Å². The highest BCUT2D eigenvalue weighted by Crippen LogP contribution is 1.88. The molecule has 0 aromatic carbocycles. The van der Waals surface area contributed by atoms with E-state index < -0.39 is 6.09 Å². The van der Waals surface area contributed by atoms with Gasteiger partial charge in [0.2, 0.25) is 0 Å². The smallest absolute Gasteiger partial charge is 0.407 e. The molecule has 0 aromatic rings. The molecule has 3 nitrogen and oxygen atoms in total. The minimum absolute atomic E-state index is 0.466. The number of amides is 1. The van der Waals surface area contributed by atoms with Crippen molar-refractivity contribution in [1.29, 1.82) is 0 Å². The molecule has 3 heteroatoms. The van der Waals surface area contributed by atoms with Crippen molar-refractivity contribution in [2.45, 2.75) is 6.42 Å². The molecule has 0 aromatic heterocycles. The Morgan fingerprint density at radius 2 is 2.86 bits per heavy atom. The number of nitrogens with one attached hydrogen (secondary N) is 1. The topological polar surface area (TPSA) is 38.3 Å². The molecule has 1 saturated heterocycles. The molecule has 0 atom stereocenters. The monoisotopic (exact) mass is 102 g/mol. The van der Waals surface area contributed by atoms with Gasteiger partial charge in [0.1, 0.15) is 0 Å². The summed E-state index contributed by atoms with van der Waals surface area (Å²) in [4.78, 5) is 10.3. The van der Waals surface area contributed by atoms with Crippen molar-refractivity contribution >= 4 is 6.09 Å². The number of hydrogen-bond acceptors (Lipinski definition) is 2. The third-order valence-corrected chi connectivity index (χ3v) is 0.769. The zero-order chi connectivity index (χ0) is 5.98. The summed E-state index contributed by atoms with van der Waals surface area (Å²) in [6.07, 6.45) is 0.242. The molecule has 1 rings (SSSR count). The van der Waals surface area contributed by atoms with Gasteiger partial charge in [-0.3, -0.25) is 0 Å². The van der Waals surface area contributed by atoms with Gasteiger partial charge < -0.3 is 10.0 Å². The summed E-state index contributed by atoms with van der Waals surface area (Å²) in [6, 6.07) is 0. The van der Waals surface area contributed by atoms with Gasteiger partial charge in [-0.25, -0.2) is 4.79 Å². The van der Waals surface area contributed by atoms with Crippen LogP contribution in [-0.4, -0.2) is 19.2 Å². The number of rotatable bonds is 0. The Hall–Kier alpha value is -0.730. The Bertz CT molecular complexity index is 106. The lowest BCUT2D eigenvalue weighted by atomic mass is 10.4. The molecule has 1 amide bonds. The fourth-order valence-corrected chi connectivity index (χ4v) is 0.440. The third-order valence-electron chi connectivity index (χ3n) is 0.769. The maximum atomic E-state index is 10.3. The maximum absolute atomic E-state index is 10.3. The number of carbonyl (C=O) groups is 1. The molecule has 0 spiro atoms. The van der Waals surface area contributed by atoms with E-state index in [0.717, 1.165) is 11.7 Å². The van der Waals surface area contributed by atoms with Crippen LogP contribution < -0.4 is 5.31 Å². The third kappa shape index (κ3) is 1.07. The largest absolute Gasteiger partial charge is 0.449 e. The molecule has 1 fully saturated rings. The van der Waals surface area contributed by atoms with E-state index in [9.17, 15) is 4.79 Å². The van der Waals surface area contributed by atoms with Gasteiger partial charge >= 0.3 is 6.09 Å². The number of ether oxygens (including phenoxy) is 1. The Balaban J connectivity index is 2.39. The summed E-state index contributed by atoms with van der Waals surface area (Å²) in [7, 11) is 0. The number of cyclic esters (lactones) is 1. The Morgan fingerprint density at radius 1 is 2.00 bits per heavy atom. The maximum Gasteiger partial charge on any atom is 0.407 e. The van der Waals surface area contributed by atoms with Crippen LogP contribution in [0.1, 0.15) is 6.42 Å². The van der Waals surface area contributed by atoms with E-state index in [1.807, 2.05) is 0 Å². The zero-order valence-corrected chi connectivity index (χ0v) is 3.89. The highest BCUT2D eigenvalue weighted by Gasteiger charge is 2.04. The molecular formula is C4H7NO2. The molecule has 0 unspecified atom stereocenters. The van der Waals surface area contributed by atoms with E-state index in [4.69, 9.17) is 1.41 Å². The molecule has 1 aliphatic rings.